The van der Waals surface area contributed by atoms with Gasteiger partial charge < -0.3 is 9.84 Å². The van der Waals surface area contributed by atoms with Crippen LogP contribution in [0, 0.1) is 0 Å². The Morgan fingerprint density at radius 2 is 1.64 bits per heavy atom. The summed E-state index contributed by atoms with van der Waals surface area (Å²) >= 11 is 0. The largest absolute Gasteiger partial charge is 0.508 e. The molecule has 0 saturated carbocycles. The molecule has 152 valence electrons. The second-order valence-corrected chi connectivity index (χ2v) is 9.55. The van der Waals surface area contributed by atoms with Crippen LogP contribution >= 0.6 is 0 Å². The fourth-order valence-electron chi connectivity index (χ4n) is 3.18. The van der Waals surface area contributed by atoms with Crippen LogP contribution in [0.5, 0.6) is 11.5 Å². The van der Waals surface area contributed by atoms with E-state index in [0.717, 1.165) is 30.4 Å². The van der Waals surface area contributed by atoms with Crippen molar-refractivity contribution in [3.05, 3.63) is 58.7 Å². The summed E-state index contributed by atoms with van der Waals surface area (Å²) in [4.78, 5) is 13.0. The van der Waals surface area contributed by atoms with Gasteiger partial charge in [-0.1, -0.05) is 67.0 Å². The maximum Gasteiger partial charge on any atom is 0.343 e. The number of carbonyl (C=O) groups is 1. The van der Waals surface area contributed by atoms with Gasteiger partial charge in [0.2, 0.25) is 0 Å². The zero-order valence-corrected chi connectivity index (χ0v) is 18.3. The zero-order valence-electron chi connectivity index (χ0n) is 18.3. The van der Waals surface area contributed by atoms with E-state index in [1.807, 2.05) is 12.1 Å². The van der Waals surface area contributed by atoms with E-state index in [0.29, 0.717) is 11.3 Å². The molecule has 0 aliphatic carbocycles. The minimum Gasteiger partial charge on any atom is -0.508 e. The molecular formula is C25H34O3. The molecule has 2 aromatic carbocycles. The fourth-order valence-corrected chi connectivity index (χ4v) is 3.18. The van der Waals surface area contributed by atoms with Crippen LogP contribution in [0.4, 0.5) is 0 Å². The number of carbonyl (C=O) groups excluding carboxylic acids is 1. The van der Waals surface area contributed by atoms with E-state index in [1.165, 1.54) is 5.56 Å². The molecule has 0 unspecified atom stereocenters. The Balaban J connectivity index is 2.41. The van der Waals surface area contributed by atoms with E-state index in [-0.39, 0.29) is 22.5 Å². The lowest BCUT2D eigenvalue weighted by atomic mass is 9.80. The van der Waals surface area contributed by atoms with Crippen molar-refractivity contribution >= 4 is 5.97 Å². The van der Waals surface area contributed by atoms with Gasteiger partial charge in [-0.05, 0) is 59.1 Å². The number of esters is 1. The number of phenols is 1. The summed E-state index contributed by atoms with van der Waals surface area (Å²) in [6.07, 6.45) is 2.72. The number of benzene rings is 2. The fraction of sp³-hybridized carbons (Fsp3) is 0.480. The molecule has 2 rings (SSSR count). The van der Waals surface area contributed by atoms with Crippen molar-refractivity contribution in [1.29, 1.82) is 0 Å². The van der Waals surface area contributed by atoms with Crippen LogP contribution in [0.25, 0.3) is 0 Å². The third-order valence-corrected chi connectivity index (χ3v) is 4.96. The molecule has 0 aliphatic rings. The smallest absolute Gasteiger partial charge is 0.343 e. The number of ether oxygens (including phenoxy) is 1. The molecule has 0 heterocycles. The molecule has 0 bridgehead atoms. The van der Waals surface area contributed by atoms with Crippen LogP contribution in [0.2, 0.25) is 0 Å². The normalized spacial score (nSPS) is 12.1. The quantitative estimate of drug-likeness (QED) is 0.471. The molecule has 0 amide bonds. The number of aromatic hydroxyl groups is 1. The van der Waals surface area contributed by atoms with Gasteiger partial charge in [-0.25, -0.2) is 4.79 Å². The van der Waals surface area contributed by atoms with E-state index in [9.17, 15) is 9.90 Å². The van der Waals surface area contributed by atoms with E-state index < -0.39 is 0 Å². The first-order chi connectivity index (χ1) is 12.9. The van der Waals surface area contributed by atoms with Gasteiger partial charge in [0, 0.05) is 5.56 Å². The van der Waals surface area contributed by atoms with E-state index in [1.54, 1.807) is 18.2 Å². The molecule has 3 nitrogen and oxygen atoms in total. The lowest BCUT2D eigenvalue weighted by Crippen LogP contribution is -2.19. The Morgan fingerprint density at radius 3 is 2.21 bits per heavy atom. The van der Waals surface area contributed by atoms with Crippen LogP contribution in [-0.2, 0) is 17.3 Å². The van der Waals surface area contributed by atoms with Crippen molar-refractivity contribution in [2.45, 2.75) is 78.6 Å². The molecular weight excluding hydrogens is 348 g/mol. The molecule has 28 heavy (non-hydrogen) atoms. The average Bonchev–Trinajstić information content (AvgIpc) is 2.58. The van der Waals surface area contributed by atoms with Crippen LogP contribution < -0.4 is 4.74 Å². The number of unbranched alkanes of at least 4 members (excludes halogenated alkanes) is 1. The minimum absolute atomic E-state index is 0.0207. The minimum atomic E-state index is -0.375. The number of hydrogen-bond donors (Lipinski definition) is 1. The SMILES string of the molecule is CCCCc1cc(O)ccc1C(=O)Oc1ccc(C(C)(C)C)cc1C(C)(C)C. The molecule has 0 atom stereocenters. The lowest BCUT2D eigenvalue weighted by molar-refractivity contribution is 0.0730. The van der Waals surface area contributed by atoms with Crippen LogP contribution in [-0.4, -0.2) is 11.1 Å². The van der Waals surface area contributed by atoms with Crippen molar-refractivity contribution in [3.8, 4) is 11.5 Å². The van der Waals surface area contributed by atoms with Gasteiger partial charge >= 0.3 is 5.97 Å². The average molecular weight is 383 g/mol. The Morgan fingerprint density at radius 1 is 0.964 bits per heavy atom. The predicted molar refractivity (Wildman–Crippen MR) is 116 cm³/mol. The molecule has 3 heteroatoms. The van der Waals surface area contributed by atoms with Crippen LogP contribution in [0.1, 0.15) is 88.4 Å². The van der Waals surface area contributed by atoms with Crippen molar-refractivity contribution in [1.82, 2.24) is 0 Å². The highest BCUT2D eigenvalue weighted by Gasteiger charge is 2.25. The van der Waals surface area contributed by atoms with Gasteiger partial charge in [-0.3, -0.25) is 0 Å². The highest BCUT2D eigenvalue weighted by Crippen LogP contribution is 2.36. The molecule has 1 N–H and O–H groups in total. The Hall–Kier alpha value is -2.29. The van der Waals surface area contributed by atoms with E-state index in [2.05, 4.69) is 54.5 Å². The summed E-state index contributed by atoms with van der Waals surface area (Å²) < 4.78 is 5.87. The first-order valence-corrected chi connectivity index (χ1v) is 10.1. The lowest BCUT2D eigenvalue weighted by Gasteiger charge is -2.27. The monoisotopic (exact) mass is 382 g/mol. The summed E-state index contributed by atoms with van der Waals surface area (Å²) in [6, 6.07) is 11.0. The summed E-state index contributed by atoms with van der Waals surface area (Å²) in [5.74, 6) is 0.396. The zero-order chi connectivity index (χ0) is 21.1. The first-order valence-electron chi connectivity index (χ1n) is 10.1. The Bertz CT molecular complexity index is 836. The Kier molecular flexibility index (Phi) is 6.59. The number of hydrogen-bond acceptors (Lipinski definition) is 3. The summed E-state index contributed by atoms with van der Waals surface area (Å²) in [7, 11) is 0. The van der Waals surface area contributed by atoms with E-state index in [4.69, 9.17) is 4.74 Å². The second-order valence-electron chi connectivity index (χ2n) is 9.55. The van der Waals surface area contributed by atoms with Gasteiger partial charge in [0.15, 0.2) is 0 Å². The highest BCUT2D eigenvalue weighted by atomic mass is 16.5. The number of rotatable bonds is 5. The third-order valence-electron chi connectivity index (χ3n) is 4.96. The first kappa shape index (κ1) is 22.0. The van der Waals surface area contributed by atoms with Gasteiger partial charge in [-0.15, -0.1) is 0 Å². The highest BCUT2D eigenvalue weighted by molar-refractivity contribution is 5.93. The predicted octanol–water partition coefficient (Wildman–Crippen LogP) is 6.55. The van der Waals surface area contributed by atoms with Gasteiger partial charge in [0.25, 0.3) is 0 Å². The summed E-state index contributed by atoms with van der Waals surface area (Å²) in [6.45, 7) is 15.0. The van der Waals surface area contributed by atoms with Gasteiger partial charge in [0.05, 0.1) is 5.56 Å². The number of phenolic OH excluding ortho intramolecular Hbond substituents is 1. The van der Waals surface area contributed by atoms with Crippen molar-refractivity contribution in [2.75, 3.05) is 0 Å². The summed E-state index contributed by atoms with van der Waals surface area (Å²) in [5, 5.41) is 9.81. The van der Waals surface area contributed by atoms with Crippen LogP contribution in [0.3, 0.4) is 0 Å². The van der Waals surface area contributed by atoms with Gasteiger partial charge in [0.1, 0.15) is 11.5 Å². The molecule has 0 aromatic heterocycles. The molecule has 0 saturated heterocycles. The topological polar surface area (TPSA) is 46.5 Å². The molecule has 0 spiro atoms. The van der Waals surface area contributed by atoms with Crippen molar-refractivity contribution in [2.24, 2.45) is 0 Å². The third kappa shape index (κ3) is 5.37. The molecule has 0 radical (unpaired) electrons. The van der Waals surface area contributed by atoms with Crippen molar-refractivity contribution in [3.63, 3.8) is 0 Å². The second kappa shape index (κ2) is 8.38. The summed E-state index contributed by atoms with van der Waals surface area (Å²) in [5.41, 5.74) is 3.44. The maximum absolute atomic E-state index is 13.0. The maximum atomic E-state index is 13.0. The Labute approximate surface area is 169 Å². The molecule has 0 aliphatic heterocycles. The number of aryl methyl sites for hydroxylation is 1. The van der Waals surface area contributed by atoms with Gasteiger partial charge in [-0.2, -0.15) is 0 Å². The van der Waals surface area contributed by atoms with E-state index >= 15 is 0 Å². The standard InChI is InChI=1S/C25H34O3/c1-8-9-10-17-15-19(26)12-13-20(17)23(27)28-22-14-11-18(24(2,3)4)16-21(22)25(5,6)7/h11-16,26H,8-10H2,1-7H3. The molecule has 0 fully saturated rings. The van der Waals surface area contributed by atoms with Crippen molar-refractivity contribution < 1.29 is 14.6 Å². The van der Waals surface area contributed by atoms with Crippen LogP contribution in [0.15, 0.2) is 36.4 Å². The molecule has 2 aromatic rings.